The SMILES string of the molecule is Cc1c(Cc2cccc(S(=O)(=O)NC(=O)N3CCCCC3)c2F)c(=O)oc2cc(OC(=O)N(C)C)c(Cl)cc12. The third-order valence-corrected chi connectivity index (χ3v) is 8.10. The minimum Gasteiger partial charge on any atom is -0.422 e. The molecular formula is C26H27ClFN3O7S. The molecule has 1 N–H and O–H groups in total. The molecule has 39 heavy (non-hydrogen) atoms. The molecule has 10 nitrogen and oxygen atoms in total. The number of aryl methyl sites for hydroxylation is 1. The van der Waals surface area contributed by atoms with E-state index in [0.717, 1.165) is 25.3 Å². The number of hydrogen-bond acceptors (Lipinski definition) is 7. The van der Waals surface area contributed by atoms with Gasteiger partial charge in [-0.2, -0.15) is 0 Å². The van der Waals surface area contributed by atoms with Crippen molar-refractivity contribution in [2.24, 2.45) is 0 Å². The van der Waals surface area contributed by atoms with Crippen LogP contribution in [0.4, 0.5) is 14.0 Å². The zero-order chi connectivity index (χ0) is 28.5. The molecule has 0 unspecified atom stereocenters. The van der Waals surface area contributed by atoms with E-state index >= 15 is 4.39 Å². The number of halogens is 2. The molecule has 0 spiro atoms. The lowest BCUT2D eigenvalue weighted by atomic mass is 9.99. The number of likely N-dealkylation sites (tertiary alicyclic amines) is 1. The number of sulfonamides is 1. The van der Waals surface area contributed by atoms with Gasteiger partial charge in [0.25, 0.3) is 10.0 Å². The van der Waals surface area contributed by atoms with Gasteiger partial charge in [-0.3, -0.25) is 0 Å². The molecule has 13 heteroatoms. The number of urea groups is 1. The first-order valence-electron chi connectivity index (χ1n) is 12.1. The smallest absolute Gasteiger partial charge is 0.414 e. The minimum absolute atomic E-state index is 0.00582. The predicted octanol–water partition coefficient (Wildman–Crippen LogP) is 4.43. The highest BCUT2D eigenvalue weighted by molar-refractivity contribution is 7.90. The Morgan fingerprint density at radius 1 is 1.18 bits per heavy atom. The Morgan fingerprint density at radius 2 is 1.87 bits per heavy atom. The normalized spacial score (nSPS) is 13.8. The van der Waals surface area contributed by atoms with Crippen molar-refractivity contribution >= 4 is 44.7 Å². The number of hydrogen-bond donors (Lipinski definition) is 1. The first-order valence-corrected chi connectivity index (χ1v) is 14.0. The van der Waals surface area contributed by atoms with E-state index in [1.807, 2.05) is 4.72 Å². The lowest BCUT2D eigenvalue weighted by Crippen LogP contribution is -2.45. The Kier molecular flexibility index (Phi) is 8.17. The molecule has 0 atom stereocenters. The fraction of sp³-hybridized carbons (Fsp3) is 0.346. The standard InChI is InChI=1S/C26H27ClFN3O7S/c1-15-17-13-19(27)21(38-26(34)30(2)3)14-20(17)37-24(32)18(15)12-16-8-7-9-22(23(16)28)39(35,36)29-25(33)31-10-5-4-6-11-31/h7-9,13-14H,4-6,10-12H2,1-3H3,(H,29,33). The van der Waals surface area contributed by atoms with Crippen LogP contribution in [0.1, 0.15) is 36.0 Å². The van der Waals surface area contributed by atoms with Crippen molar-refractivity contribution in [3.63, 3.8) is 0 Å². The fourth-order valence-electron chi connectivity index (χ4n) is 4.28. The predicted molar refractivity (Wildman–Crippen MR) is 142 cm³/mol. The summed E-state index contributed by atoms with van der Waals surface area (Å²) in [7, 11) is -1.52. The molecule has 0 aliphatic carbocycles. The van der Waals surface area contributed by atoms with E-state index in [0.29, 0.717) is 24.0 Å². The lowest BCUT2D eigenvalue weighted by Gasteiger charge is -2.26. The number of carbonyl (C=O) groups excluding carboxylic acids is 2. The number of benzene rings is 2. The molecular weight excluding hydrogens is 553 g/mol. The van der Waals surface area contributed by atoms with E-state index in [1.54, 1.807) is 6.92 Å². The molecule has 0 saturated carbocycles. The number of piperidine rings is 1. The Bertz CT molecular complexity index is 1620. The number of nitrogens with zero attached hydrogens (tertiary/aromatic N) is 2. The maximum absolute atomic E-state index is 15.5. The summed E-state index contributed by atoms with van der Waals surface area (Å²) >= 11 is 6.29. The van der Waals surface area contributed by atoms with Crippen LogP contribution in [0.25, 0.3) is 11.0 Å². The van der Waals surface area contributed by atoms with Gasteiger partial charge in [0, 0.05) is 50.6 Å². The van der Waals surface area contributed by atoms with Crippen molar-refractivity contribution in [1.82, 2.24) is 14.5 Å². The highest BCUT2D eigenvalue weighted by atomic mass is 35.5. The van der Waals surface area contributed by atoms with Crippen molar-refractivity contribution in [3.05, 3.63) is 68.3 Å². The zero-order valence-corrected chi connectivity index (χ0v) is 23.1. The van der Waals surface area contributed by atoms with Crippen molar-refractivity contribution in [2.45, 2.75) is 37.5 Å². The number of amides is 3. The summed E-state index contributed by atoms with van der Waals surface area (Å²) in [5, 5.41) is 0.515. The first kappa shape index (κ1) is 28.4. The van der Waals surface area contributed by atoms with E-state index in [4.69, 9.17) is 20.8 Å². The monoisotopic (exact) mass is 579 g/mol. The number of nitrogens with one attached hydrogen (secondary N) is 1. The van der Waals surface area contributed by atoms with Gasteiger partial charge < -0.3 is 19.0 Å². The fourth-order valence-corrected chi connectivity index (χ4v) is 5.58. The van der Waals surface area contributed by atoms with E-state index in [-0.39, 0.29) is 33.9 Å². The maximum Gasteiger partial charge on any atom is 0.414 e. The molecule has 1 saturated heterocycles. The largest absolute Gasteiger partial charge is 0.422 e. The Balaban J connectivity index is 1.65. The van der Waals surface area contributed by atoms with Crippen LogP contribution in [0.15, 0.2) is 44.4 Å². The van der Waals surface area contributed by atoms with E-state index in [1.165, 1.54) is 48.2 Å². The van der Waals surface area contributed by atoms with Gasteiger partial charge in [0.2, 0.25) is 0 Å². The Hall–Kier alpha value is -3.64. The molecule has 2 heterocycles. The number of ether oxygens (including phenoxy) is 1. The van der Waals surface area contributed by atoms with Gasteiger partial charge in [-0.25, -0.2) is 31.9 Å². The molecule has 3 amide bonds. The van der Waals surface area contributed by atoms with Crippen LogP contribution < -0.4 is 15.1 Å². The third-order valence-electron chi connectivity index (χ3n) is 6.47. The first-order chi connectivity index (χ1) is 18.4. The van der Waals surface area contributed by atoms with Gasteiger partial charge >= 0.3 is 17.7 Å². The van der Waals surface area contributed by atoms with Gasteiger partial charge in [-0.1, -0.05) is 23.7 Å². The third kappa shape index (κ3) is 6.01. The average Bonchev–Trinajstić information content (AvgIpc) is 2.88. The quantitative estimate of drug-likeness (QED) is 0.443. The zero-order valence-electron chi connectivity index (χ0n) is 21.5. The molecule has 1 fully saturated rings. The van der Waals surface area contributed by atoms with Crippen LogP contribution in [0, 0.1) is 12.7 Å². The van der Waals surface area contributed by atoms with Crippen LogP contribution in [0.3, 0.4) is 0 Å². The molecule has 1 aliphatic heterocycles. The van der Waals surface area contributed by atoms with Crippen LogP contribution in [-0.2, 0) is 16.4 Å². The average molecular weight is 580 g/mol. The van der Waals surface area contributed by atoms with E-state index in [2.05, 4.69) is 0 Å². The van der Waals surface area contributed by atoms with Crippen LogP contribution in [0.5, 0.6) is 5.75 Å². The summed E-state index contributed by atoms with van der Waals surface area (Å²) in [6, 6.07) is 5.70. The second-order valence-electron chi connectivity index (χ2n) is 9.40. The second-order valence-corrected chi connectivity index (χ2v) is 11.5. The molecule has 1 aliphatic rings. The van der Waals surface area contributed by atoms with Gasteiger partial charge in [-0.05, 0) is 49.4 Å². The number of carbonyl (C=O) groups is 2. The summed E-state index contributed by atoms with van der Waals surface area (Å²) in [5.41, 5.74) is -0.245. The molecule has 0 radical (unpaired) electrons. The molecule has 0 bridgehead atoms. The Morgan fingerprint density at radius 3 is 2.54 bits per heavy atom. The molecule has 2 aromatic carbocycles. The minimum atomic E-state index is -4.52. The summed E-state index contributed by atoms with van der Waals surface area (Å²) in [6.07, 6.45) is 1.52. The highest BCUT2D eigenvalue weighted by Crippen LogP contribution is 2.33. The molecule has 3 aromatic rings. The highest BCUT2D eigenvalue weighted by Gasteiger charge is 2.27. The summed E-state index contributed by atoms with van der Waals surface area (Å²) in [6.45, 7) is 2.46. The van der Waals surface area contributed by atoms with Crippen molar-refractivity contribution in [2.75, 3.05) is 27.2 Å². The number of fused-ring (bicyclic) bond motifs is 1. The lowest BCUT2D eigenvalue weighted by molar-refractivity contribution is 0.172. The topological polar surface area (TPSA) is 126 Å². The van der Waals surface area contributed by atoms with Gasteiger partial charge in [0.15, 0.2) is 5.75 Å². The molecule has 1 aromatic heterocycles. The van der Waals surface area contributed by atoms with Crippen molar-refractivity contribution in [1.29, 1.82) is 0 Å². The van der Waals surface area contributed by atoms with Crippen molar-refractivity contribution in [3.8, 4) is 5.75 Å². The van der Waals surface area contributed by atoms with Gasteiger partial charge in [-0.15, -0.1) is 0 Å². The van der Waals surface area contributed by atoms with E-state index < -0.39 is 38.5 Å². The summed E-state index contributed by atoms with van der Waals surface area (Å²) < 4.78 is 53.8. The van der Waals surface area contributed by atoms with Gasteiger partial charge in [0.1, 0.15) is 16.3 Å². The summed E-state index contributed by atoms with van der Waals surface area (Å²) in [5.74, 6) is -1.09. The molecule has 4 rings (SSSR count). The number of rotatable bonds is 5. The molecule has 208 valence electrons. The van der Waals surface area contributed by atoms with Crippen LogP contribution in [0.2, 0.25) is 5.02 Å². The van der Waals surface area contributed by atoms with Crippen LogP contribution >= 0.6 is 11.6 Å². The van der Waals surface area contributed by atoms with E-state index in [9.17, 15) is 22.8 Å². The van der Waals surface area contributed by atoms with Crippen molar-refractivity contribution < 1.29 is 31.6 Å². The Labute approximate surface area is 229 Å². The maximum atomic E-state index is 15.5. The summed E-state index contributed by atoms with van der Waals surface area (Å²) in [4.78, 5) is 39.1. The van der Waals surface area contributed by atoms with Gasteiger partial charge in [0.05, 0.1) is 5.02 Å². The van der Waals surface area contributed by atoms with Crippen LogP contribution in [-0.4, -0.2) is 57.5 Å². The second kappa shape index (κ2) is 11.2.